The highest BCUT2D eigenvalue weighted by Crippen LogP contribution is 2.24. The van der Waals surface area contributed by atoms with Gasteiger partial charge in [-0.1, -0.05) is 19.1 Å². The number of halogens is 1. The van der Waals surface area contributed by atoms with Gasteiger partial charge in [-0.25, -0.2) is 4.39 Å². The summed E-state index contributed by atoms with van der Waals surface area (Å²) in [5, 5.41) is 2.92. The molecule has 1 aliphatic heterocycles. The zero-order chi connectivity index (χ0) is 20.1. The van der Waals surface area contributed by atoms with E-state index >= 15 is 0 Å². The summed E-state index contributed by atoms with van der Waals surface area (Å²) >= 11 is 0. The molecule has 0 aliphatic carbocycles. The van der Waals surface area contributed by atoms with E-state index < -0.39 is 0 Å². The molecule has 2 aromatic carbocycles. The fourth-order valence-electron chi connectivity index (χ4n) is 3.55. The largest absolute Gasteiger partial charge is 0.371 e. The summed E-state index contributed by atoms with van der Waals surface area (Å²) in [6, 6.07) is 14.0. The average Bonchev–Trinajstić information content (AvgIpc) is 2.68. The molecular weight excluding hydrogens is 357 g/mol. The highest BCUT2D eigenvalue weighted by Gasteiger charge is 2.23. The van der Waals surface area contributed by atoms with Gasteiger partial charge in [0.25, 0.3) is 0 Å². The third kappa shape index (κ3) is 5.09. The van der Waals surface area contributed by atoms with Crippen LogP contribution in [0, 0.1) is 17.7 Å². The van der Waals surface area contributed by atoms with E-state index in [4.69, 9.17) is 5.73 Å². The van der Waals surface area contributed by atoms with Gasteiger partial charge < -0.3 is 16.0 Å². The third-order valence-corrected chi connectivity index (χ3v) is 5.28. The van der Waals surface area contributed by atoms with E-state index in [1.165, 1.54) is 12.1 Å². The Morgan fingerprint density at radius 3 is 2.46 bits per heavy atom. The molecule has 1 unspecified atom stereocenters. The number of hydrogen-bond acceptors (Lipinski definition) is 3. The number of nitrogens with one attached hydrogen (secondary N) is 1. The van der Waals surface area contributed by atoms with Crippen molar-refractivity contribution in [3.8, 4) is 0 Å². The number of anilines is 2. The second-order valence-corrected chi connectivity index (χ2v) is 7.43. The molecule has 3 N–H and O–H groups in total. The van der Waals surface area contributed by atoms with Gasteiger partial charge in [0.1, 0.15) is 5.82 Å². The maximum atomic E-state index is 13.3. The van der Waals surface area contributed by atoms with E-state index in [9.17, 15) is 14.0 Å². The molecule has 1 fully saturated rings. The van der Waals surface area contributed by atoms with Crippen LogP contribution in [-0.4, -0.2) is 24.9 Å². The summed E-state index contributed by atoms with van der Waals surface area (Å²) < 4.78 is 13.3. The van der Waals surface area contributed by atoms with Gasteiger partial charge in [0.2, 0.25) is 11.8 Å². The molecule has 2 aromatic rings. The number of amides is 2. The molecule has 1 aliphatic rings. The van der Waals surface area contributed by atoms with Crippen LogP contribution >= 0.6 is 0 Å². The smallest absolute Gasteiger partial charge is 0.227 e. The molecule has 0 saturated carbocycles. The Balaban J connectivity index is 1.53. The number of nitrogens with zero attached hydrogens (tertiary/aromatic N) is 1. The molecule has 0 bridgehead atoms. The predicted octanol–water partition coefficient (Wildman–Crippen LogP) is 3.34. The first kappa shape index (κ1) is 19.9. The van der Waals surface area contributed by atoms with Gasteiger partial charge in [-0.15, -0.1) is 0 Å². The van der Waals surface area contributed by atoms with E-state index in [0.717, 1.165) is 42.9 Å². The summed E-state index contributed by atoms with van der Waals surface area (Å²) in [7, 11) is 0. The summed E-state index contributed by atoms with van der Waals surface area (Å²) in [6.07, 6.45) is 2.02. The van der Waals surface area contributed by atoms with Crippen LogP contribution < -0.4 is 16.0 Å². The van der Waals surface area contributed by atoms with Crippen LogP contribution in [0.15, 0.2) is 48.5 Å². The number of benzene rings is 2. The summed E-state index contributed by atoms with van der Waals surface area (Å²) in [4.78, 5) is 25.9. The van der Waals surface area contributed by atoms with Crippen molar-refractivity contribution in [1.82, 2.24) is 0 Å². The number of primary amides is 1. The third-order valence-electron chi connectivity index (χ3n) is 5.28. The van der Waals surface area contributed by atoms with Crippen molar-refractivity contribution >= 4 is 23.2 Å². The maximum Gasteiger partial charge on any atom is 0.227 e. The average molecular weight is 383 g/mol. The number of rotatable bonds is 6. The molecule has 3 rings (SSSR count). The molecule has 6 heteroatoms. The first-order valence-corrected chi connectivity index (χ1v) is 9.62. The van der Waals surface area contributed by atoms with E-state index in [2.05, 4.69) is 10.2 Å². The Morgan fingerprint density at radius 1 is 1.18 bits per heavy atom. The molecule has 1 atom stereocenters. The first-order valence-electron chi connectivity index (χ1n) is 9.62. The molecule has 0 spiro atoms. The zero-order valence-corrected chi connectivity index (χ0v) is 16.0. The Kier molecular flexibility index (Phi) is 6.29. The lowest BCUT2D eigenvalue weighted by molar-refractivity contribution is -0.122. The molecule has 28 heavy (non-hydrogen) atoms. The minimum atomic E-state index is -0.291. The topological polar surface area (TPSA) is 75.4 Å². The second kappa shape index (κ2) is 8.87. The van der Waals surface area contributed by atoms with Crippen molar-refractivity contribution in [2.24, 2.45) is 17.6 Å². The number of nitrogens with two attached hydrogens (primary N) is 1. The minimum Gasteiger partial charge on any atom is -0.371 e. The molecule has 0 aromatic heterocycles. The summed E-state index contributed by atoms with van der Waals surface area (Å²) in [5.74, 6) is -0.909. The Morgan fingerprint density at radius 2 is 1.86 bits per heavy atom. The number of piperidine rings is 1. The fourth-order valence-corrected chi connectivity index (χ4v) is 3.55. The highest BCUT2D eigenvalue weighted by atomic mass is 19.1. The van der Waals surface area contributed by atoms with E-state index in [1.807, 2.05) is 37.3 Å². The summed E-state index contributed by atoms with van der Waals surface area (Å²) in [5.41, 5.74) is 7.98. The van der Waals surface area contributed by atoms with Crippen molar-refractivity contribution in [2.75, 3.05) is 23.3 Å². The lowest BCUT2D eigenvalue weighted by atomic mass is 9.96. The lowest BCUT2D eigenvalue weighted by Gasteiger charge is -2.32. The molecule has 0 radical (unpaired) electrons. The van der Waals surface area contributed by atoms with Crippen molar-refractivity contribution in [2.45, 2.75) is 26.2 Å². The van der Waals surface area contributed by atoms with Gasteiger partial charge in [-0.3, -0.25) is 9.59 Å². The van der Waals surface area contributed by atoms with Crippen LogP contribution in [0.5, 0.6) is 0 Å². The molecule has 148 valence electrons. The monoisotopic (exact) mass is 383 g/mol. The van der Waals surface area contributed by atoms with Crippen molar-refractivity contribution in [3.05, 3.63) is 59.9 Å². The van der Waals surface area contributed by atoms with Crippen molar-refractivity contribution < 1.29 is 14.0 Å². The van der Waals surface area contributed by atoms with Gasteiger partial charge in [0.05, 0.1) is 0 Å². The zero-order valence-electron chi connectivity index (χ0n) is 16.0. The second-order valence-electron chi connectivity index (χ2n) is 7.43. The van der Waals surface area contributed by atoms with Gasteiger partial charge in [-0.05, 0) is 61.2 Å². The van der Waals surface area contributed by atoms with Crippen molar-refractivity contribution in [3.63, 3.8) is 0 Å². The van der Waals surface area contributed by atoms with Crippen LogP contribution in [0.1, 0.15) is 25.3 Å². The Bertz CT molecular complexity index is 830. The van der Waals surface area contributed by atoms with Gasteiger partial charge >= 0.3 is 0 Å². The van der Waals surface area contributed by atoms with Gasteiger partial charge in [-0.2, -0.15) is 0 Å². The van der Waals surface area contributed by atoms with E-state index in [-0.39, 0.29) is 29.5 Å². The van der Waals surface area contributed by atoms with Crippen molar-refractivity contribution in [1.29, 1.82) is 0 Å². The van der Waals surface area contributed by atoms with E-state index in [1.54, 1.807) is 6.07 Å². The van der Waals surface area contributed by atoms with Crippen LogP contribution in [0.3, 0.4) is 0 Å². The van der Waals surface area contributed by atoms with Gasteiger partial charge in [0.15, 0.2) is 0 Å². The summed E-state index contributed by atoms with van der Waals surface area (Å²) in [6.45, 7) is 3.42. The molecule has 1 heterocycles. The van der Waals surface area contributed by atoms with Crippen LogP contribution in [0.4, 0.5) is 15.8 Å². The quantitative estimate of drug-likeness (QED) is 0.803. The molecule has 5 nitrogen and oxygen atoms in total. The van der Waals surface area contributed by atoms with Gasteiger partial charge in [0, 0.05) is 36.3 Å². The lowest BCUT2D eigenvalue weighted by Crippen LogP contribution is -2.38. The number of carbonyl (C=O) groups is 2. The number of carbonyl (C=O) groups excluding carboxylic acids is 2. The Labute approximate surface area is 164 Å². The first-order chi connectivity index (χ1) is 13.4. The van der Waals surface area contributed by atoms with Crippen LogP contribution in [0.2, 0.25) is 0 Å². The molecule has 2 amide bonds. The fraction of sp³-hybridized carbons (Fsp3) is 0.364. The SMILES string of the molecule is CC(Cc1cccc(F)c1)C(=O)Nc1ccc(N2CCC(C(N)=O)CC2)cc1. The normalized spacial score (nSPS) is 15.9. The Hall–Kier alpha value is -2.89. The van der Waals surface area contributed by atoms with Crippen LogP contribution in [0.25, 0.3) is 0 Å². The maximum absolute atomic E-state index is 13.3. The highest BCUT2D eigenvalue weighted by molar-refractivity contribution is 5.92. The van der Waals surface area contributed by atoms with E-state index in [0.29, 0.717) is 6.42 Å². The minimum absolute atomic E-state index is 0.0330. The molecular formula is C22H26FN3O2. The predicted molar refractivity (Wildman–Crippen MR) is 108 cm³/mol. The number of hydrogen-bond donors (Lipinski definition) is 2. The standard InChI is InChI=1S/C22H26FN3O2/c1-15(13-16-3-2-4-18(23)14-16)22(28)25-19-5-7-20(8-6-19)26-11-9-17(10-12-26)21(24)27/h2-8,14-15,17H,9-13H2,1H3,(H2,24,27)(H,25,28). The van der Waals surface area contributed by atoms with Crippen LogP contribution in [-0.2, 0) is 16.0 Å². The molecule has 1 saturated heterocycles.